The molecule has 1 aliphatic heterocycles. The molecule has 1 amide bonds. The molecule has 1 unspecified atom stereocenters. The van der Waals surface area contributed by atoms with E-state index in [2.05, 4.69) is 15.6 Å². The van der Waals surface area contributed by atoms with Crippen LogP contribution >= 0.6 is 11.3 Å². The summed E-state index contributed by atoms with van der Waals surface area (Å²) in [5, 5.41) is 7.15. The van der Waals surface area contributed by atoms with Gasteiger partial charge in [-0.05, 0) is 57.3 Å². The highest BCUT2D eigenvalue weighted by Crippen LogP contribution is 2.27. The third-order valence-corrected chi connectivity index (χ3v) is 4.97. The highest BCUT2D eigenvalue weighted by Gasteiger charge is 2.18. The van der Waals surface area contributed by atoms with Crippen LogP contribution in [0.1, 0.15) is 34.6 Å². The van der Waals surface area contributed by atoms with E-state index in [-0.39, 0.29) is 5.91 Å². The van der Waals surface area contributed by atoms with Crippen LogP contribution < -0.4 is 10.6 Å². The Labute approximate surface area is 134 Å². The minimum absolute atomic E-state index is 0.0877. The van der Waals surface area contributed by atoms with Crippen LogP contribution in [0.25, 0.3) is 10.8 Å². The van der Waals surface area contributed by atoms with E-state index < -0.39 is 0 Å². The number of amides is 1. The minimum Gasteiger partial charge on any atom is -0.462 e. The highest BCUT2D eigenvalue weighted by molar-refractivity contribution is 7.15. The third-order valence-electron chi connectivity index (χ3n) is 3.98. The maximum atomic E-state index is 12.3. The molecular formula is C16H21N3O2S. The first-order chi connectivity index (χ1) is 10.7. The number of aryl methyl sites for hydroxylation is 1. The predicted octanol–water partition coefficient (Wildman–Crippen LogP) is 2.83. The smallest absolute Gasteiger partial charge is 0.271 e. The number of nitrogens with one attached hydrogen (secondary N) is 2. The van der Waals surface area contributed by atoms with Crippen molar-refractivity contribution in [1.82, 2.24) is 15.6 Å². The minimum atomic E-state index is -0.0877. The summed E-state index contributed by atoms with van der Waals surface area (Å²) in [5.41, 5.74) is 0.512. The summed E-state index contributed by atoms with van der Waals surface area (Å²) in [6.07, 6.45) is 5.12. The average molecular weight is 319 g/mol. The van der Waals surface area contributed by atoms with Gasteiger partial charge in [0.05, 0.1) is 6.26 Å². The Morgan fingerprint density at radius 1 is 1.59 bits per heavy atom. The monoisotopic (exact) mass is 319 g/mol. The number of aromatic nitrogens is 1. The van der Waals surface area contributed by atoms with Crippen LogP contribution in [0.15, 0.2) is 22.8 Å². The largest absolute Gasteiger partial charge is 0.462 e. The lowest BCUT2D eigenvalue weighted by Crippen LogP contribution is -2.33. The molecule has 1 aliphatic rings. The maximum absolute atomic E-state index is 12.3. The van der Waals surface area contributed by atoms with Crippen LogP contribution in [0.4, 0.5) is 0 Å². The first-order valence-corrected chi connectivity index (χ1v) is 8.56. The molecule has 1 fully saturated rings. The molecular weight excluding hydrogens is 298 g/mol. The van der Waals surface area contributed by atoms with E-state index in [0.717, 1.165) is 29.4 Å². The second-order valence-corrected chi connectivity index (χ2v) is 6.86. The van der Waals surface area contributed by atoms with Crippen molar-refractivity contribution in [1.29, 1.82) is 0 Å². The van der Waals surface area contributed by atoms with Crippen molar-refractivity contribution in [3.8, 4) is 10.8 Å². The Hall–Kier alpha value is -1.66. The van der Waals surface area contributed by atoms with E-state index in [4.69, 9.17) is 4.42 Å². The van der Waals surface area contributed by atoms with Crippen LogP contribution in [-0.4, -0.2) is 30.5 Å². The second kappa shape index (κ2) is 7.07. The summed E-state index contributed by atoms with van der Waals surface area (Å²) in [6, 6.07) is 3.68. The van der Waals surface area contributed by atoms with E-state index in [1.54, 1.807) is 6.26 Å². The number of hydrogen-bond donors (Lipinski definition) is 2. The standard InChI is InChI=1S/C16H21N3O2S/c1-11-14(19-16(22-11)13-5-3-9-21-13)15(20)18-8-6-12-4-2-7-17-10-12/h3,5,9,12,17H,2,4,6-8,10H2,1H3,(H,18,20). The molecule has 0 aromatic carbocycles. The molecule has 3 rings (SSSR count). The Balaban J connectivity index is 1.55. The van der Waals surface area contributed by atoms with Crippen molar-refractivity contribution in [2.24, 2.45) is 5.92 Å². The van der Waals surface area contributed by atoms with E-state index in [1.807, 2.05) is 19.1 Å². The molecule has 3 heterocycles. The van der Waals surface area contributed by atoms with Gasteiger partial charge in [0.15, 0.2) is 10.8 Å². The molecule has 22 heavy (non-hydrogen) atoms. The molecule has 6 heteroatoms. The molecule has 5 nitrogen and oxygen atoms in total. The van der Waals surface area contributed by atoms with Crippen molar-refractivity contribution in [3.63, 3.8) is 0 Å². The van der Waals surface area contributed by atoms with Gasteiger partial charge in [-0.25, -0.2) is 4.98 Å². The fourth-order valence-corrected chi connectivity index (χ4v) is 3.64. The first-order valence-electron chi connectivity index (χ1n) is 7.74. The van der Waals surface area contributed by atoms with Gasteiger partial charge in [-0.15, -0.1) is 11.3 Å². The van der Waals surface area contributed by atoms with Gasteiger partial charge >= 0.3 is 0 Å². The Morgan fingerprint density at radius 2 is 2.50 bits per heavy atom. The van der Waals surface area contributed by atoms with Gasteiger partial charge in [-0.3, -0.25) is 4.79 Å². The van der Waals surface area contributed by atoms with Gasteiger partial charge in [0.2, 0.25) is 0 Å². The summed E-state index contributed by atoms with van der Waals surface area (Å²) >= 11 is 1.49. The molecule has 0 saturated carbocycles. The molecule has 0 radical (unpaired) electrons. The van der Waals surface area contributed by atoms with Crippen molar-refractivity contribution in [2.45, 2.75) is 26.2 Å². The summed E-state index contributed by atoms with van der Waals surface area (Å²) in [6.45, 7) is 4.81. The highest BCUT2D eigenvalue weighted by atomic mass is 32.1. The van der Waals surface area contributed by atoms with Gasteiger partial charge in [-0.2, -0.15) is 0 Å². The van der Waals surface area contributed by atoms with Crippen LogP contribution in [0.5, 0.6) is 0 Å². The Bertz CT molecular complexity index is 615. The summed E-state index contributed by atoms with van der Waals surface area (Å²) in [5.74, 6) is 1.29. The number of piperidine rings is 1. The second-order valence-electron chi connectivity index (χ2n) is 5.66. The van der Waals surface area contributed by atoms with Crippen molar-refractivity contribution in [2.75, 3.05) is 19.6 Å². The number of thiazole rings is 1. The Morgan fingerprint density at radius 3 is 3.23 bits per heavy atom. The Kier molecular flexibility index (Phi) is 4.90. The number of rotatable bonds is 5. The van der Waals surface area contributed by atoms with E-state index >= 15 is 0 Å². The predicted molar refractivity (Wildman–Crippen MR) is 87.1 cm³/mol. The fourth-order valence-electron chi connectivity index (χ4n) is 2.76. The molecule has 0 bridgehead atoms. The van der Waals surface area contributed by atoms with Gasteiger partial charge in [0, 0.05) is 11.4 Å². The number of furan rings is 1. The lowest BCUT2D eigenvalue weighted by Gasteiger charge is -2.22. The number of nitrogens with zero attached hydrogens (tertiary/aromatic N) is 1. The van der Waals surface area contributed by atoms with Crippen molar-refractivity contribution >= 4 is 17.2 Å². The normalized spacial score (nSPS) is 18.3. The number of carbonyl (C=O) groups is 1. The van der Waals surface area contributed by atoms with Gasteiger partial charge in [-0.1, -0.05) is 0 Å². The maximum Gasteiger partial charge on any atom is 0.271 e. The van der Waals surface area contributed by atoms with E-state index in [1.165, 1.54) is 24.2 Å². The lowest BCUT2D eigenvalue weighted by atomic mass is 9.96. The van der Waals surface area contributed by atoms with Crippen LogP contribution in [0.3, 0.4) is 0 Å². The average Bonchev–Trinajstić information content (AvgIpc) is 3.17. The SMILES string of the molecule is Cc1sc(-c2ccco2)nc1C(=O)NCCC1CCCNC1. The fraction of sp³-hybridized carbons (Fsp3) is 0.500. The number of hydrogen-bond acceptors (Lipinski definition) is 5. The van der Waals surface area contributed by atoms with Crippen LogP contribution in [0.2, 0.25) is 0 Å². The van der Waals surface area contributed by atoms with E-state index in [9.17, 15) is 4.79 Å². The first kappa shape index (κ1) is 15.2. The summed E-state index contributed by atoms with van der Waals surface area (Å²) < 4.78 is 5.34. The quantitative estimate of drug-likeness (QED) is 0.889. The molecule has 2 aromatic heterocycles. The summed E-state index contributed by atoms with van der Waals surface area (Å²) in [7, 11) is 0. The lowest BCUT2D eigenvalue weighted by molar-refractivity contribution is 0.0946. The molecule has 1 atom stereocenters. The van der Waals surface area contributed by atoms with Crippen LogP contribution in [-0.2, 0) is 0 Å². The van der Waals surface area contributed by atoms with Gasteiger partial charge in [0.25, 0.3) is 5.91 Å². The summed E-state index contributed by atoms with van der Waals surface area (Å²) in [4.78, 5) is 17.6. The van der Waals surface area contributed by atoms with Crippen molar-refractivity contribution in [3.05, 3.63) is 29.0 Å². The van der Waals surface area contributed by atoms with Crippen LogP contribution in [0, 0.1) is 12.8 Å². The molecule has 2 N–H and O–H groups in total. The molecule has 2 aromatic rings. The zero-order valence-corrected chi connectivity index (χ0v) is 13.5. The van der Waals surface area contributed by atoms with Crippen molar-refractivity contribution < 1.29 is 9.21 Å². The zero-order chi connectivity index (χ0) is 15.4. The number of carbonyl (C=O) groups excluding carboxylic acids is 1. The van der Waals surface area contributed by atoms with E-state index in [0.29, 0.717) is 23.9 Å². The third kappa shape index (κ3) is 3.56. The van der Waals surface area contributed by atoms with Gasteiger partial charge < -0.3 is 15.1 Å². The molecule has 118 valence electrons. The topological polar surface area (TPSA) is 67.2 Å². The molecule has 0 spiro atoms. The molecule has 1 saturated heterocycles. The zero-order valence-electron chi connectivity index (χ0n) is 12.7. The van der Waals surface area contributed by atoms with Gasteiger partial charge in [0.1, 0.15) is 5.69 Å². The molecule has 0 aliphatic carbocycles.